The maximum absolute atomic E-state index is 12.5. The predicted molar refractivity (Wildman–Crippen MR) is 64.4 cm³/mol. The fraction of sp³-hybridized carbons (Fsp3) is 0.727. The van der Waals surface area contributed by atoms with E-state index in [-0.39, 0.29) is 6.04 Å². The fourth-order valence-corrected chi connectivity index (χ4v) is 2.64. The second kappa shape index (κ2) is 5.54. The van der Waals surface area contributed by atoms with Gasteiger partial charge in [0.15, 0.2) is 0 Å². The molecule has 1 aromatic heterocycles. The van der Waals surface area contributed by atoms with Crippen LogP contribution in [0.1, 0.15) is 23.5 Å². The van der Waals surface area contributed by atoms with Gasteiger partial charge in [-0.25, -0.2) is 4.98 Å². The number of rotatable bonds is 6. The maximum atomic E-state index is 12.5. The Morgan fingerprint density at radius 1 is 1.50 bits per heavy atom. The van der Waals surface area contributed by atoms with Crippen LogP contribution in [0.4, 0.5) is 13.2 Å². The summed E-state index contributed by atoms with van der Waals surface area (Å²) in [5, 5.41) is 5.74. The highest BCUT2D eigenvalue weighted by molar-refractivity contribution is 7.09. The van der Waals surface area contributed by atoms with Gasteiger partial charge in [-0.3, -0.25) is 4.90 Å². The SMILES string of the molecule is CNCc1nc(CN(CC(F)(F)F)C2CC2)cs1. The first-order valence-corrected chi connectivity index (χ1v) is 6.74. The van der Waals surface area contributed by atoms with Crippen molar-refractivity contribution in [2.24, 2.45) is 0 Å². The van der Waals surface area contributed by atoms with E-state index in [4.69, 9.17) is 0 Å². The topological polar surface area (TPSA) is 28.2 Å². The predicted octanol–water partition coefficient (Wildman–Crippen LogP) is 2.39. The molecule has 7 heteroatoms. The minimum atomic E-state index is -4.13. The molecule has 0 atom stereocenters. The van der Waals surface area contributed by atoms with Gasteiger partial charge < -0.3 is 5.32 Å². The van der Waals surface area contributed by atoms with E-state index in [1.54, 1.807) is 0 Å². The summed E-state index contributed by atoms with van der Waals surface area (Å²) < 4.78 is 37.4. The minimum absolute atomic E-state index is 0.0843. The molecule has 0 aliphatic heterocycles. The molecule has 0 radical (unpaired) electrons. The monoisotopic (exact) mass is 279 g/mol. The first kappa shape index (κ1) is 13.8. The Labute approximate surface area is 108 Å². The summed E-state index contributed by atoms with van der Waals surface area (Å²) in [4.78, 5) is 5.81. The van der Waals surface area contributed by atoms with Gasteiger partial charge in [-0.1, -0.05) is 0 Å². The smallest absolute Gasteiger partial charge is 0.314 e. The highest BCUT2D eigenvalue weighted by Crippen LogP contribution is 2.31. The molecule has 18 heavy (non-hydrogen) atoms. The van der Waals surface area contributed by atoms with Gasteiger partial charge in [0.1, 0.15) is 5.01 Å². The van der Waals surface area contributed by atoms with E-state index in [9.17, 15) is 13.2 Å². The molecule has 0 saturated heterocycles. The van der Waals surface area contributed by atoms with Crippen LogP contribution < -0.4 is 5.32 Å². The fourth-order valence-electron chi connectivity index (χ4n) is 1.85. The summed E-state index contributed by atoms with van der Waals surface area (Å²) in [7, 11) is 1.82. The lowest BCUT2D eigenvalue weighted by Gasteiger charge is -2.22. The molecular formula is C11H16F3N3S. The van der Waals surface area contributed by atoms with Gasteiger partial charge >= 0.3 is 6.18 Å². The molecule has 0 bridgehead atoms. The number of aromatic nitrogens is 1. The number of thiazole rings is 1. The van der Waals surface area contributed by atoms with Crippen molar-refractivity contribution in [1.29, 1.82) is 0 Å². The van der Waals surface area contributed by atoms with Gasteiger partial charge in [0.05, 0.1) is 12.2 Å². The Morgan fingerprint density at radius 2 is 2.22 bits per heavy atom. The Kier molecular flexibility index (Phi) is 4.24. The van der Waals surface area contributed by atoms with Crippen molar-refractivity contribution >= 4 is 11.3 Å². The maximum Gasteiger partial charge on any atom is 0.401 e. The van der Waals surface area contributed by atoms with E-state index >= 15 is 0 Å². The lowest BCUT2D eigenvalue weighted by Crippen LogP contribution is -2.35. The van der Waals surface area contributed by atoms with Crippen molar-refractivity contribution in [3.63, 3.8) is 0 Å². The quantitative estimate of drug-likeness (QED) is 0.866. The molecule has 2 rings (SSSR count). The van der Waals surface area contributed by atoms with Crippen LogP contribution in [0.5, 0.6) is 0 Å². The van der Waals surface area contributed by atoms with Crippen LogP contribution in [0.15, 0.2) is 5.38 Å². The summed E-state index contributed by atoms with van der Waals surface area (Å²) >= 11 is 1.48. The van der Waals surface area contributed by atoms with Crippen molar-refractivity contribution in [3.8, 4) is 0 Å². The number of nitrogens with zero attached hydrogens (tertiary/aromatic N) is 2. The molecule has 1 fully saturated rings. The molecule has 1 aliphatic rings. The average molecular weight is 279 g/mol. The lowest BCUT2D eigenvalue weighted by atomic mass is 10.4. The number of hydrogen-bond donors (Lipinski definition) is 1. The van der Waals surface area contributed by atoms with Crippen molar-refractivity contribution in [2.45, 2.75) is 38.1 Å². The zero-order chi connectivity index (χ0) is 13.2. The molecule has 1 aliphatic carbocycles. The van der Waals surface area contributed by atoms with E-state index in [1.807, 2.05) is 12.4 Å². The summed E-state index contributed by atoms with van der Waals surface area (Å²) in [6, 6.07) is 0.0843. The van der Waals surface area contributed by atoms with Gasteiger partial charge in [0.25, 0.3) is 0 Å². The van der Waals surface area contributed by atoms with E-state index in [1.165, 1.54) is 16.2 Å². The van der Waals surface area contributed by atoms with Crippen molar-refractivity contribution < 1.29 is 13.2 Å². The third kappa shape index (κ3) is 4.22. The Balaban J connectivity index is 1.95. The third-order valence-corrected chi connectivity index (χ3v) is 3.64. The molecule has 102 valence electrons. The second-order valence-electron chi connectivity index (χ2n) is 4.51. The molecule has 1 saturated carbocycles. The van der Waals surface area contributed by atoms with Crippen LogP contribution >= 0.6 is 11.3 Å². The molecule has 0 aromatic carbocycles. The number of nitrogens with one attached hydrogen (secondary N) is 1. The standard InChI is InChI=1S/C11H16F3N3S/c1-15-4-10-16-8(6-18-10)5-17(9-2-3-9)7-11(12,13)14/h6,9,15H,2-5,7H2,1H3. The number of alkyl halides is 3. The van der Waals surface area contributed by atoms with E-state index in [0.29, 0.717) is 13.1 Å². The second-order valence-corrected chi connectivity index (χ2v) is 5.46. The molecule has 1 heterocycles. The van der Waals surface area contributed by atoms with Crippen LogP contribution in [0.25, 0.3) is 0 Å². The highest BCUT2D eigenvalue weighted by atomic mass is 32.1. The minimum Gasteiger partial charge on any atom is -0.314 e. The number of hydrogen-bond acceptors (Lipinski definition) is 4. The Hall–Kier alpha value is -0.660. The summed E-state index contributed by atoms with van der Waals surface area (Å²) in [5.41, 5.74) is 0.737. The Morgan fingerprint density at radius 3 is 2.78 bits per heavy atom. The van der Waals surface area contributed by atoms with E-state index in [2.05, 4.69) is 10.3 Å². The van der Waals surface area contributed by atoms with Gasteiger partial charge in [0, 0.05) is 24.5 Å². The van der Waals surface area contributed by atoms with Crippen LogP contribution in [-0.2, 0) is 13.1 Å². The normalized spacial score (nSPS) is 16.5. The lowest BCUT2D eigenvalue weighted by molar-refractivity contribution is -0.148. The molecule has 0 amide bonds. The molecule has 3 nitrogen and oxygen atoms in total. The van der Waals surface area contributed by atoms with Gasteiger partial charge in [0.2, 0.25) is 0 Å². The van der Waals surface area contributed by atoms with Crippen LogP contribution in [-0.4, -0.2) is 35.7 Å². The highest BCUT2D eigenvalue weighted by Gasteiger charge is 2.38. The molecular weight excluding hydrogens is 263 g/mol. The first-order valence-electron chi connectivity index (χ1n) is 5.86. The Bertz CT molecular complexity index is 387. The van der Waals surface area contributed by atoms with Gasteiger partial charge in [-0.05, 0) is 19.9 Å². The van der Waals surface area contributed by atoms with E-state index in [0.717, 1.165) is 23.5 Å². The van der Waals surface area contributed by atoms with Gasteiger partial charge in [-0.2, -0.15) is 13.2 Å². The summed E-state index contributed by atoms with van der Waals surface area (Å²) in [6.45, 7) is 0.119. The van der Waals surface area contributed by atoms with Crippen molar-refractivity contribution in [2.75, 3.05) is 13.6 Å². The molecule has 0 unspecified atom stereocenters. The largest absolute Gasteiger partial charge is 0.401 e. The van der Waals surface area contributed by atoms with Crippen molar-refractivity contribution in [1.82, 2.24) is 15.2 Å². The van der Waals surface area contributed by atoms with Crippen LogP contribution in [0, 0.1) is 0 Å². The first-order chi connectivity index (χ1) is 8.48. The van der Waals surface area contributed by atoms with Gasteiger partial charge in [-0.15, -0.1) is 11.3 Å². The molecule has 1 N–H and O–H groups in total. The molecule has 0 spiro atoms. The summed E-state index contributed by atoms with van der Waals surface area (Å²) in [5.74, 6) is 0. The van der Waals surface area contributed by atoms with Crippen LogP contribution in [0.3, 0.4) is 0 Å². The van der Waals surface area contributed by atoms with Crippen LogP contribution in [0.2, 0.25) is 0 Å². The molecule has 1 aromatic rings. The van der Waals surface area contributed by atoms with E-state index < -0.39 is 12.7 Å². The number of halogens is 3. The van der Waals surface area contributed by atoms with Crippen molar-refractivity contribution in [3.05, 3.63) is 16.1 Å². The average Bonchev–Trinajstić information content (AvgIpc) is 3.00. The zero-order valence-electron chi connectivity index (χ0n) is 10.1. The zero-order valence-corrected chi connectivity index (χ0v) is 10.9. The third-order valence-electron chi connectivity index (χ3n) is 2.74. The summed E-state index contributed by atoms with van der Waals surface area (Å²) in [6.07, 6.45) is -2.40.